The molecule has 0 bridgehead atoms. The molecule has 0 amide bonds. The highest BCUT2D eigenvalue weighted by Crippen LogP contribution is 2.31. The van der Waals surface area contributed by atoms with Crippen LogP contribution in [-0.2, 0) is 0 Å². The smallest absolute Gasteiger partial charge is 0.165 e. The quantitative estimate of drug-likeness (QED) is 0.782. The third kappa shape index (κ3) is 1.98. The number of fused-ring (bicyclic) bond motifs is 1. The second-order valence-electron chi connectivity index (χ2n) is 3.62. The van der Waals surface area contributed by atoms with Crippen molar-refractivity contribution in [3.8, 4) is 5.75 Å². The molecule has 1 aromatic carbocycles. The van der Waals surface area contributed by atoms with Gasteiger partial charge in [-0.15, -0.1) is 0 Å². The monoisotopic (exact) mass is 249 g/mol. The molecule has 17 heavy (non-hydrogen) atoms. The molecule has 3 nitrogen and oxygen atoms in total. The minimum atomic E-state index is -0.00720. The minimum Gasteiger partial charge on any atom is -0.494 e. The van der Waals surface area contributed by atoms with Gasteiger partial charge in [0.15, 0.2) is 5.78 Å². The lowest BCUT2D eigenvalue weighted by Crippen LogP contribution is -2.00. The number of carbonyl (C=O) groups is 1. The molecule has 0 saturated heterocycles. The predicted octanol–water partition coefficient (Wildman–Crippen LogP) is 3.49. The second-order valence-corrected chi connectivity index (χ2v) is 4.00. The molecule has 0 fully saturated rings. The Labute approximate surface area is 104 Å². The van der Waals surface area contributed by atoms with Crippen LogP contribution in [-0.4, -0.2) is 17.9 Å². The van der Waals surface area contributed by atoms with E-state index in [1.807, 2.05) is 18.2 Å². The Bertz CT molecular complexity index is 581. The van der Waals surface area contributed by atoms with Crippen LogP contribution in [0.25, 0.3) is 10.9 Å². The van der Waals surface area contributed by atoms with E-state index in [0.29, 0.717) is 28.3 Å². The van der Waals surface area contributed by atoms with Crippen LogP contribution in [0.3, 0.4) is 0 Å². The summed E-state index contributed by atoms with van der Waals surface area (Å²) < 4.78 is 5.20. The van der Waals surface area contributed by atoms with Crippen molar-refractivity contribution >= 4 is 28.3 Å². The average Bonchev–Trinajstić information content (AvgIpc) is 2.38. The Kier molecular flexibility index (Phi) is 3.29. The maximum absolute atomic E-state index is 11.7. The molecule has 88 valence electrons. The van der Waals surface area contributed by atoms with Crippen molar-refractivity contribution in [1.29, 1.82) is 0 Å². The number of ether oxygens (including phenoxy) is 1. The van der Waals surface area contributed by atoms with Crippen molar-refractivity contribution in [2.24, 2.45) is 0 Å². The van der Waals surface area contributed by atoms with E-state index >= 15 is 0 Å². The number of methoxy groups -OCH3 is 1. The number of hydrogen-bond donors (Lipinski definition) is 0. The SMILES string of the molecule is CCC(=O)c1cnc2c(OC)cccc2c1Cl. The van der Waals surface area contributed by atoms with Crippen molar-refractivity contribution in [1.82, 2.24) is 4.98 Å². The highest BCUT2D eigenvalue weighted by Gasteiger charge is 2.14. The number of Topliss-reactive ketones (excluding diaryl/α,β-unsaturated/α-hetero) is 1. The number of pyridine rings is 1. The van der Waals surface area contributed by atoms with Gasteiger partial charge in [0.1, 0.15) is 11.3 Å². The molecule has 0 aliphatic rings. The normalized spacial score (nSPS) is 10.5. The Morgan fingerprint density at radius 2 is 2.24 bits per heavy atom. The van der Waals surface area contributed by atoms with Crippen LogP contribution in [0.5, 0.6) is 5.75 Å². The number of carbonyl (C=O) groups excluding carboxylic acids is 1. The molecular formula is C13H12ClNO2. The predicted molar refractivity (Wildman–Crippen MR) is 67.9 cm³/mol. The van der Waals surface area contributed by atoms with Gasteiger partial charge >= 0.3 is 0 Å². The van der Waals surface area contributed by atoms with Crippen LogP contribution in [0.2, 0.25) is 5.02 Å². The number of para-hydroxylation sites is 1. The van der Waals surface area contributed by atoms with E-state index in [-0.39, 0.29) is 5.78 Å². The molecule has 0 radical (unpaired) electrons. The van der Waals surface area contributed by atoms with E-state index < -0.39 is 0 Å². The largest absolute Gasteiger partial charge is 0.494 e. The number of halogens is 1. The maximum atomic E-state index is 11.7. The van der Waals surface area contributed by atoms with Gasteiger partial charge < -0.3 is 4.74 Å². The summed E-state index contributed by atoms with van der Waals surface area (Å²) in [6.45, 7) is 1.80. The van der Waals surface area contributed by atoms with Crippen molar-refractivity contribution in [2.75, 3.05) is 7.11 Å². The van der Waals surface area contributed by atoms with E-state index in [2.05, 4.69) is 4.98 Å². The highest BCUT2D eigenvalue weighted by molar-refractivity contribution is 6.38. The molecule has 0 aliphatic heterocycles. The lowest BCUT2D eigenvalue weighted by atomic mass is 10.1. The standard InChI is InChI=1S/C13H12ClNO2/c1-3-10(16)9-7-15-13-8(12(9)14)5-4-6-11(13)17-2/h4-7H,3H2,1-2H3. The Balaban J connectivity index is 2.72. The average molecular weight is 250 g/mol. The second kappa shape index (κ2) is 4.72. The molecule has 2 rings (SSSR count). The van der Waals surface area contributed by atoms with Crippen LogP contribution >= 0.6 is 11.6 Å². The van der Waals surface area contributed by atoms with Gasteiger partial charge in [0.2, 0.25) is 0 Å². The van der Waals surface area contributed by atoms with Gasteiger partial charge in [-0.1, -0.05) is 30.7 Å². The van der Waals surface area contributed by atoms with Crippen LogP contribution in [0.15, 0.2) is 24.4 Å². The number of rotatable bonds is 3. The summed E-state index contributed by atoms with van der Waals surface area (Å²) in [5, 5.41) is 1.19. The van der Waals surface area contributed by atoms with E-state index in [1.54, 1.807) is 14.0 Å². The summed E-state index contributed by atoms with van der Waals surface area (Å²) in [5.41, 5.74) is 1.14. The zero-order valence-corrected chi connectivity index (χ0v) is 10.4. The van der Waals surface area contributed by atoms with Crippen molar-refractivity contribution in [3.63, 3.8) is 0 Å². The first-order valence-electron chi connectivity index (χ1n) is 5.33. The molecule has 0 aliphatic carbocycles. The summed E-state index contributed by atoms with van der Waals surface area (Å²) in [4.78, 5) is 15.9. The Morgan fingerprint density at radius 1 is 1.47 bits per heavy atom. The molecular weight excluding hydrogens is 238 g/mol. The van der Waals surface area contributed by atoms with Gasteiger partial charge in [-0.3, -0.25) is 9.78 Å². The summed E-state index contributed by atoms with van der Waals surface area (Å²) in [6, 6.07) is 5.47. The number of ketones is 1. The van der Waals surface area contributed by atoms with Gasteiger partial charge in [0.25, 0.3) is 0 Å². The van der Waals surface area contributed by atoms with Gasteiger partial charge in [-0.2, -0.15) is 0 Å². The first kappa shape index (κ1) is 11.9. The van der Waals surface area contributed by atoms with E-state index in [9.17, 15) is 4.79 Å². The fourth-order valence-electron chi connectivity index (χ4n) is 1.71. The fourth-order valence-corrected chi connectivity index (χ4v) is 2.02. The van der Waals surface area contributed by atoms with E-state index in [0.717, 1.165) is 5.39 Å². The number of hydrogen-bond acceptors (Lipinski definition) is 3. The first-order chi connectivity index (χ1) is 8.19. The molecule has 2 aromatic rings. The number of benzene rings is 1. The molecule has 1 aromatic heterocycles. The molecule has 0 atom stereocenters. The maximum Gasteiger partial charge on any atom is 0.165 e. The summed E-state index contributed by atoms with van der Waals surface area (Å²) in [7, 11) is 1.58. The Morgan fingerprint density at radius 3 is 2.88 bits per heavy atom. The summed E-state index contributed by atoms with van der Waals surface area (Å²) in [5.74, 6) is 0.645. The topological polar surface area (TPSA) is 39.2 Å². The lowest BCUT2D eigenvalue weighted by Gasteiger charge is -2.08. The molecule has 4 heteroatoms. The third-order valence-electron chi connectivity index (χ3n) is 2.64. The van der Waals surface area contributed by atoms with Crippen LogP contribution < -0.4 is 4.74 Å². The highest BCUT2D eigenvalue weighted by atomic mass is 35.5. The molecule has 0 unspecified atom stereocenters. The van der Waals surface area contributed by atoms with Crippen LogP contribution in [0.4, 0.5) is 0 Å². The third-order valence-corrected chi connectivity index (χ3v) is 3.04. The number of nitrogens with zero attached hydrogens (tertiary/aromatic N) is 1. The van der Waals surface area contributed by atoms with Gasteiger partial charge in [0, 0.05) is 18.0 Å². The summed E-state index contributed by atoms with van der Waals surface area (Å²) >= 11 is 6.23. The van der Waals surface area contributed by atoms with Gasteiger partial charge in [-0.05, 0) is 6.07 Å². The van der Waals surface area contributed by atoms with E-state index in [4.69, 9.17) is 16.3 Å². The number of aromatic nitrogens is 1. The zero-order chi connectivity index (χ0) is 12.4. The van der Waals surface area contributed by atoms with Crippen molar-refractivity contribution in [2.45, 2.75) is 13.3 Å². The van der Waals surface area contributed by atoms with Gasteiger partial charge in [-0.25, -0.2) is 0 Å². The molecule has 0 spiro atoms. The minimum absolute atomic E-state index is 0.00720. The molecule has 0 N–H and O–H groups in total. The van der Waals surface area contributed by atoms with Crippen LogP contribution in [0.1, 0.15) is 23.7 Å². The molecule has 0 saturated carbocycles. The Hall–Kier alpha value is -1.61. The van der Waals surface area contributed by atoms with Gasteiger partial charge in [0.05, 0.1) is 17.7 Å². The van der Waals surface area contributed by atoms with Crippen LogP contribution in [0, 0.1) is 0 Å². The lowest BCUT2D eigenvalue weighted by molar-refractivity contribution is 0.0988. The van der Waals surface area contributed by atoms with E-state index in [1.165, 1.54) is 6.20 Å². The first-order valence-corrected chi connectivity index (χ1v) is 5.71. The summed E-state index contributed by atoms with van der Waals surface area (Å²) in [6.07, 6.45) is 1.93. The molecule has 1 heterocycles. The van der Waals surface area contributed by atoms with Crippen molar-refractivity contribution < 1.29 is 9.53 Å². The fraction of sp³-hybridized carbons (Fsp3) is 0.231. The zero-order valence-electron chi connectivity index (χ0n) is 9.66. The van der Waals surface area contributed by atoms with Crippen molar-refractivity contribution in [3.05, 3.63) is 35.0 Å².